The van der Waals surface area contributed by atoms with Crippen molar-refractivity contribution in [1.82, 2.24) is 9.97 Å². The average Bonchev–Trinajstić information content (AvgIpc) is 3.71. The molecule has 10 rings (SSSR count). The maximum Gasteiger partial charge on any atom is 0.122 e. The van der Waals surface area contributed by atoms with Crippen LogP contribution in [-0.2, 0) is 20.1 Å². The molecule has 0 saturated carbocycles. The summed E-state index contributed by atoms with van der Waals surface area (Å²) in [7, 11) is 0. The fourth-order valence-electron chi connectivity index (χ4n) is 6.64. The van der Waals surface area contributed by atoms with E-state index in [1.807, 2.05) is 56.3 Å². The molecule has 5 heteroatoms. The summed E-state index contributed by atoms with van der Waals surface area (Å²) in [6.45, 7) is 3.78. The molecular weight excluding hydrogens is 809 g/mol. The zero-order valence-corrected chi connectivity index (χ0v) is 30.5. The fourth-order valence-corrected chi connectivity index (χ4v) is 7.76. The van der Waals surface area contributed by atoms with Crippen molar-refractivity contribution >= 4 is 75.0 Å². The molecule has 243 valence electrons. The maximum atomic E-state index is 8.22. The van der Waals surface area contributed by atoms with Crippen LogP contribution in [0.5, 0.6) is 0 Å². The Balaban J connectivity index is 0.000000144. The molecule has 0 aliphatic heterocycles. The molecule has 1 radical (unpaired) electrons. The summed E-state index contributed by atoms with van der Waals surface area (Å²) < 4.78 is 17.1. The Morgan fingerprint density at radius 3 is 2.30 bits per heavy atom. The van der Waals surface area contributed by atoms with Crippen molar-refractivity contribution in [2.75, 3.05) is 0 Å². The van der Waals surface area contributed by atoms with E-state index in [0.717, 1.165) is 50.0 Å². The van der Waals surface area contributed by atoms with Crippen LogP contribution in [-0.4, -0.2) is 9.97 Å². The SMILES string of the molecule is [2H]C(C)(C)c1ccnc(-c2[c-]cc3c(ccc4ccccc43)c2)c1.[Ir].[c-]1ccc2c(oc3cc4sc5ccccc5c4cc32)c1-c1ccccn1. The van der Waals surface area contributed by atoms with Gasteiger partial charge >= 0.3 is 0 Å². The molecule has 4 heterocycles. The number of nitrogens with zero attached hydrogens (tertiary/aromatic N) is 2. The summed E-state index contributed by atoms with van der Waals surface area (Å²) in [4.78, 5) is 8.94. The number of fused-ring (bicyclic) bond motifs is 9. The Labute approximate surface area is 309 Å². The summed E-state index contributed by atoms with van der Waals surface area (Å²) in [6, 6.07) is 50.4. The second-order valence-corrected chi connectivity index (χ2v) is 13.5. The van der Waals surface area contributed by atoms with Gasteiger partial charge in [0.15, 0.2) is 0 Å². The summed E-state index contributed by atoms with van der Waals surface area (Å²) in [5.41, 5.74) is 6.34. The van der Waals surface area contributed by atoms with Gasteiger partial charge in [0.05, 0.1) is 5.58 Å². The summed E-state index contributed by atoms with van der Waals surface area (Å²) in [6.07, 6.45) is 3.58. The molecule has 4 aromatic heterocycles. The van der Waals surface area contributed by atoms with Gasteiger partial charge in [0.2, 0.25) is 0 Å². The van der Waals surface area contributed by atoms with Crippen LogP contribution in [0, 0.1) is 12.1 Å². The van der Waals surface area contributed by atoms with Gasteiger partial charge in [0.25, 0.3) is 0 Å². The molecule has 0 spiro atoms. The molecule has 0 atom stereocenters. The quantitative estimate of drug-likeness (QED) is 0.131. The van der Waals surface area contributed by atoms with Gasteiger partial charge in [-0.3, -0.25) is 0 Å². The van der Waals surface area contributed by atoms with E-state index >= 15 is 0 Å². The van der Waals surface area contributed by atoms with E-state index in [1.54, 1.807) is 23.7 Å². The minimum atomic E-state index is -0.634. The van der Waals surface area contributed by atoms with E-state index < -0.39 is 5.89 Å². The molecule has 6 aromatic carbocycles. The Kier molecular flexibility index (Phi) is 8.18. The first-order valence-corrected chi connectivity index (χ1v) is 17.1. The molecule has 0 saturated heterocycles. The van der Waals surface area contributed by atoms with Crippen LogP contribution in [0.25, 0.3) is 86.2 Å². The molecule has 50 heavy (non-hydrogen) atoms. The van der Waals surface area contributed by atoms with Gasteiger partial charge in [-0.15, -0.1) is 58.7 Å². The Hall–Kier alpha value is -5.19. The van der Waals surface area contributed by atoms with Crippen LogP contribution in [0.2, 0.25) is 0 Å². The zero-order valence-electron chi connectivity index (χ0n) is 28.3. The monoisotopic (exact) mass is 840 g/mol. The number of thiophene rings is 1. The number of rotatable bonds is 3. The van der Waals surface area contributed by atoms with Crippen LogP contribution >= 0.6 is 11.3 Å². The first kappa shape index (κ1) is 30.8. The van der Waals surface area contributed by atoms with Crippen LogP contribution < -0.4 is 0 Å². The number of benzene rings is 6. The fraction of sp³-hybridized carbons (Fsp3) is 0.0667. The average molecular weight is 840 g/mol. The van der Waals surface area contributed by atoms with Crippen molar-refractivity contribution in [2.45, 2.75) is 19.7 Å². The van der Waals surface area contributed by atoms with Gasteiger partial charge in [-0.05, 0) is 53.0 Å². The number of hydrogen-bond acceptors (Lipinski definition) is 4. The number of pyridine rings is 2. The summed E-state index contributed by atoms with van der Waals surface area (Å²) in [5.74, 6) is -0.634. The van der Waals surface area contributed by atoms with E-state index in [9.17, 15) is 0 Å². The minimum absolute atomic E-state index is 0. The van der Waals surface area contributed by atoms with Crippen LogP contribution in [0.15, 0.2) is 144 Å². The molecular formula is C45H30IrN2OS-2. The largest absolute Gasteiger partial charge is 0.501 e. The molecule has 0 fully saturated rings. The summed E-state index contributed by atoms with van der Waals surface area (Å²) >= 11 is 1.81. The van der Waals surface area contributed by atoms with Crippen LogP contribution in [0.3, 0.4) is 0 Å². The number of aromatic nitrogens is 2. The second kappa shape index (κ2) is 13.3. The van der Waals surface area contributed by atoms with Gasteiger partial charge in [0, 0.05) is 59.4 Å². The zero-order chi connectivity index (χ0) is 33.8. The number of furan rings is 1. The smallest absolute Gasteiger partial charge is 0.122 e. The molecule has 0 amide bonds. The molecule has 0 N–H and O–H groups in total. The van der Waals surface area contributed by atoms with Crippen molar-refractivity contribution in [2.24, 2.45) is 0 Å². The predicted octanol–water partition coefficient (Wildman–Crippen LogP) is 12.8. The van der Waals surface area contributed by atoms with Gasteiger partial charge < -0.3 is 14.4 Å². The molecule has 10 aromatic rings. The maximum absolute atomic E-state index is 8.22. The first-order valence-electron chi connectivity index (χ1n) is 16.8. The normalized spacial score (nSPS) is 11.9. The standard InChI is InChI=1S/C23H12NOS.C22H18N.Ir/c1-2-10-21-14(6-1)18-12-17-15-7-5-8-16(19-9-3-4-11-24-19)23(15)25-20(17)13-22(18)26-21;1-15(2)17-11-12-23-22(14-17)19-9-10-21-18(13-19)8-7-16-5-3-4-6-20(16)21;/h1-7,9-13H;3-8,10-15H,1-2H3;/q2*-1;/i;15D;. The Morgan fingerprint density at radius 1 is 0.640 bits per heavy atom. The van der Waals surface area contributed by atoms with Gasteiger partial charge in [-0.2, -0.15) is 0 Å². The molecule has 3 nitrogen and oxygen atoms in total. The van der Waals surface area contributed by atoms with E-state index in [-0.39, 0.29) is 20.1 Å². The topological polar surface area (TPSA) is 38.9 Å². The third-order valence-corrected chi connectivity index (χ3v) is 10.3. The minimum Gasteiger partial charge on any atom is -0.501 e. The van der Waals surface area contributed by atoms with E-state index in [4.69, 9.17) is 5.79 Å². The predicted molar refractivity (Wildman–Crippen MR) is 206 cm³/mol. The van der Waals surface area contributed by atoms with Crippen molar-refractivity contribution in [3.05, 3.63) is 157 Å². The van der Waals surface area contributed by atoms with Crippen molar-refractivity contribution < 1.29 is 25.9 Å². The second-order valence-electron chi connectivity index (χ2n) is 12.4. The van der Waals surface area contributed by atoms with Gasteiger partial charge in [-0.25, -0.2) is 0 Å². The Morgan fingerprint density at radius 2 is 1.44 bits per heavy atom. The van der Waals surface area contributed by atoms with Crippen molar-refractivity contribution in [3.63, 3.8) is 0 Å². The molecule has 0 unspecified atom stereocenters. The first-order chi connectivity index (χ1) is 24.4. The third kappa shape index (κ3) is 5.68. The molecule has 0 aliphatic carbocycles. The van der Waals surface area contributed by atoms with E-state index in [1.165, 1.54) is 41.7 Å². The van der Waals surface area contributed by atoms with Crippen molar-refractivity contribution in [3.8, 4) is 22.5 Å². The van der Waals surface area contributed by atoms with Crippen LogP contribution in [0.1, 0.15) is 26.7 Å². The van der Waals surface area contributed by atoms with Crippen LogP contribution in [0.4, 0.5) is 0 Å². The number of hydrogen-bond donors (Lipinski definition) is 0. The third-order valence-electron chi connectivity index (χ3n) is 9.14. The Bertz CT molecular complexity index is 2870. The van der Waals surface area contributed by atoms with Crippen molar-refractivity contribution in [1.29, 1.82) is 0 Å². The van der Waals surface area contributed by atoms with E-state index in [2.05, 4.69) is 107 Å². The van der Waals surface area contributed by atoms with Gasteiger partial charge in [0.1, 0.15) is 5.58 Å². The summed E-state index contributed by atoms with van der Waals surface area (Å²) in [5, 5.41) is 9.70. The van der Waals surface area contributed by atoms with Gasteiger partial charge in [-0.1, -0.05) is 114 Å². The molecule has 0 bridgehead atoms. The molecule has 0 aliphatic rings. The van der Waals surface area contributed by atoms with E-state index in [0.29, 0.717) is 0 Å².